The van der Waals surface area contributed by atoms with Crippen LogP contribution >= 0.6 is 0 Å². The maximum atomic E-state index is 13.0. The second-order valence-electron chi connectivity index (χ2n) is 7.47. The normalized spacial score (nSPS) is 20.3. The minimum absolute atomic E-state index is 0.0289. The summed E-state index contributed by atoms with van der Waals surface area (Å²) < 4.78 is 24.9. The van der Waals surface area contributed by atoms with Crippen molar-refractivity contribution in [2.75, 3.05) is 19.3 Å². The molecular weight excluding hydrogens is 394 g/mol. The Balaban J connectivity index is 1.66. The lowest BCUT2D eigenvalue weighted by Gasteiger charge is -2.35. The summed E-state index contributed by atoms with van der Waals surface area (Å²) in [5, 5.41) is 0. The van der Waals surface area contributed by atoms with E-state index in [4.69, 9.17) is 0 Å². The number of hydrogen-bond donors (Lipinski definition) is 1. The van der Waals surface area contributed by atoms with Crippen LogP contribution in [0, 0.1) is 0 Å². The van der Waals surface area contributed by atoms with Crippen molar-refractivity contribution < 1.29 is 13.2 Å². The molecule has 29 heavy (non-hydrogen) atoms. The van der Waals surface area contributed by atoms with E-state index in [2.05, 4.69) is 15.0 Å². The number of H-pyrrole nitrogens is 1. The van der Waals surface area contributed by atoms with Crippen molar-refractivity contribution in [1.29, 1.82) is 0 Å². The number of pyridine rings is 1. The third kappa shape index (κ3) is 3.95. The van der Waals surface area contributed by atoms with Gasteiger partial charge in [-0.15, -0.1) is 0 Å². The summed E-state index contributed by atoms with van der Waals surface area (Å²) in [6, 6.07) is 3.04. The highest BCUT2D eigenvalue weighted by molar-refractivity contribution is 7.88. The average molecular weight is 417 g/mol. The molecular formula is C19H23N5O4S. The van der Waals surface area contributed by atoms with Gasteiger partial charge in [-0.3, -0.25) is 14.6 Å². The van der Waals surface area contributed by atoms with Gasteiger partial charge in [0.25, 0.3) is 11.5 Å². The minimum atomic E-state index is -3.37. The Morgan fingerprint density at radius 1 is 1.21 bits per heavy atom. The van der Waals surface area contributed by atoms with Gasteiger partial charge in [0.15, 0.2) is 0 Å². The van der Waals surface area contributed by atoms with Crippen LogP contribution in [-0.2, 0) is 23.0 Å². The molecule has 2 aromatic rings. The molecule has 1 amide bonds. The Labute approximate surface area is 168 Å². The standard InChI is InChI=1S/C19H23N5O4S/c1-29(27,28)23-11-7-15-14(12-23)18(25)22-17(21-15)16-4-2-3-10-24(16)19(26)13-5-8-20-9-6-13/h5-6,8-9,16H,2-4,7,10-12H2,1H3,(H,21,22,25)/t16-/m0/s1. The highest BCUT2D eigenvalue weighted by Gasteiger charge is 2.32. The van der Waals surface area contributed by atoms with Crippen molar-refractivity contribution in [3.63, 3.8) is 0 Å². The van der Waals surface area contributed by atoms with Gasteiger partial charge in [0, 0.05) is 44.0 Å². The molecule has 1 atom stereocenters. The molecule has 0 unspecified atom stereocenters. The lowest BCUT2D eigenvalue weighted by Crippen LogP contribution is -2.42. The lowest BCUT2D eigenvalue weighted by atomic mass is 9.99. The van der Waals surface area contributed by atoms with Gasteiger partial charge in [0.1, 0.15) is 5.82 Å². The lowest BCUT2D eigenvalue weighted by molar-refractivity contribution is 0.0598. The molecule has 0 radical (unpaired) electrons. The molecule has 1 fully saturated rings. The van der Waals surface area contributed by atoms with E-state index in [1.165, 1.54) is 4.31 Å². The molecule has 154 valence electrons. The summed E-state index contributed by atoms with van der Waals surface area (Å²) in [5.41, 5.74) is 1.22. The first-order valence-corrected chi connectivity index (χ1v) is 11.5. The summed E-state index contributed by atoms with van der Waals surface area (Å²) >= 11 is 0. The van der Waals surface area contributed by atoms with Crippen molar-refractivity contribution in [3.05, 3.63) is 57.5 Å². The zero-order valence-electron chi connectivity index (χ0n) is 16.2. The number of nitrogens with zero attached hydrogens (tertiary/aromatic N) is 4. The zero-order valence-corrected chi connectivity index (χ0v) is 17.0. The highest BCUT2D eigenvalue weighted by Crippen LogP contribution is 2.30. The van der Waals surface area contributed by atoms with Crippen LogP contribution in [-0.4, -0.2) is 57.8 Å². The molecule has 1 N–H and O–H groups in total. The van der Waals surface area contributed by atoms with Gasteiger partial charge in [-0.05, 0) is 31.4 Å². The maximum absolute atomic E-state index is 13.0. The first-order valence-electron chi connectivity index (χ1n) is 9.62. The molecule has 0 aromatic carbocycles. The fraction of sp³-hybridized carbons (Fsp3) is 0.474. The molecule has 2 aliphatic heterocycles. The number of hydrogen-bond acceptors (Lipinski definition) is 6. The van der Waals surface area contributed by atoms with E-state index in [0.29, 0.717) is 48.6 Å². The molecule has 2 aliphatic rings. The first kappa shape index (κ1) is 19.7. The predicted octanol–water partition coefficient (Wildman–Crippen LogP) is 0.850. The van der Waals surface area contributed by atoms with Crippen LogP contribution in [0.4, 0.5) is 0 Å². The van der Waals surface area contributed by atoms with Crippen molar-refractivity contribution >= 4 is 15.9 Å². The molecule has 0 saturated carbocycles. The SMILES string of the molecule is CS(=O)(=O)N1CCc2nc([C@@H]3CCCCN3C(=O)c3ccncc3)[nH]c(=O)c2C1. The Morgan fingerprint density at radius 3 is 2.69 bits per heavy atom. The van der Waals surface area contributed by atoms with Crippen LogP contribution in [0.3, 0.4) is 0 Å². The largest absolute Gasteiger partial charge is 0.328 e. The van der Waals surface area contributed by atoms with Crippen LogP contribution in [0.5, 0.6) is 0 Å². The van der Waals surface area contributed by atoms with Crippen molar-refractivity contribution in [1.82, 2.24) is 24.2 Å². The molecule has 2 aromatic heterocycles. The number of aromatic amines is 1. The second-order valence-corrected chi connectivity index (χ2v) is 9.45. The van der Waals surface area contributed by atoms with E-state index in [1.54, 1.807) is 29.4 Å². The number of likely N-dealkylation sites (tertiary alicyclic amines) is 1. The summed E-state index contributed by atoms with van der Waals surface area (Å²) in [6.07, 6.45) is 7.23. The number of rotatable bonds is 3. The fourth-order valence-electron chi connectivity index (χ4n) is 3.98. The number of nitrogens with one attached hydrogen (secondary N) is 1. The van der Waals surface area contributed by atoms with E-state index >= 15 is 0 Å². The number of fused-ring (bicyclic) bond motifs is 1. The summed E-state index contributed by atoms with van der Waals surface area (Å²) in [6.45, 7) is 0.918. The number of sulfonamides is 1. The minimum Gasteiger partial charge on any atom is -0.328 e. The third-order valence-corrected chi connectivity index (χ3v) is 6.78. The van der Waals surface area contributed by atoms with Crippen LogP contribution in [0.15, 0.2) is 29.3 Å². The predicted molar refractivity (Wildman–Crippen MR) is 106 cm³/mol. The molecule has 1 saturated heterocycles. The van der Waals surface area contributed by atoms with E-state index in [-0.39, 0.29) is 24.1 Å². The summed E-state index contributed by atoms with van der Waals surface area (Å²) in [4.78, 5) is 38.9. The maximum Gasteiger partial charge on any atom is 0.255 e. The summed E-state index contributed by atoms with van der Waals surface area (Å²) in [7, 11) is -3.37. The third-order valence-electron chi connectivity index (χ3n) is 5.53. The zero-order chi connectivity index (χ0) is 20.6. The molecule has 0 bridgehead atoms. The topological polar surface area (TPSA) is 116 Å². The van der Waals surface area contributed by atoms with E-state index < -0.39 is 10.0 Å². The number of amides is 1. The Kier molecular flexibility index (Phi) is 5.22. The molecule has 4 rings (SSSR count). The van der Waals surface area contributed by atoms with Crippen molar-refractivity contribution in [2.24, 2.45) is 0 Å². The Morgan fingerprint density at radius 2 is 1.97 bits per heavy atom. The van der Waals surface area contributed by atoms with Crippen LogP contribution in [0.2, 0.25) is 0 Å². The second kappa shape index (κ2) is 7.68. The Bertz CT molecular complexity index is 1080. The van der Waals surface area contributed by atoms with Gasteiger partial charge in [-0.1, -0.05) is 0 Å². The highest BCUT2D eigenvalue weighted by atomic mass is 32.2. The van der Waals surface area contributed by atoms with Crippen molar-refractivity contribution in [2.45, 2.75) is 38.3 Å². The van der Waals surface area contributed by atoms with Crippen molar-refractivity contribution in [3.8, 4) is 0 Å². The van der Waals surface area contributed by atoms with Gasteiger partial charge in [-0.2, -0.15) is 4.31 Å². The van der Waals surface area contributed by atoms with Gasteiger partial charge < -0.3 is 9.88 Å². The Hall–Kier alpha value is -2.59. The van der Waals surface area contributed by atoms with Gasteiger partial charge in [0.2, 0.25) is 10.0 Å². The van der Waals surface area contributed by atoms with Crippen LogP contribution < -0.4 is 5.56 Å². The number of piperidine rings is 1. The quantitative estimate of drug-likeness (QED) is 0.791. The smallest absolute Gasteiger partial charge is 0.255 e. The van der Waals surface area contributed by atoms with Crippen LogP contribution in [0.25, 0.3) is 0 Å². The van der Waals surface area contributed by atoms with Gasteiger partial charge >= 0.3 is 0 Å². The van der Waals surface area contributed by atoms with Gasteiger partial charge in [0.05, 0.1) is 23.6 Å². The average Bonchev–Trinajstić information content (AvgIpc) is 2.73. The van der Waals surface area contributed by atoms with Crippen LogP contribution in [0.1, 0.15) is 52.7 Å². The molecule has 10 heteroatoms. The number of carbonyl (C=O) groups is 1. The van der Waals surface area contributed by atoms with Gasteiger partial charge in [-0.25, -0.2) is 13.4 Å². The number of aromatic nitrogens is 3. The number of carbonyl (C=O) groups excluding carboxylic acids is 1. The monoisotopic (exact) mass is 417 g/mol. The molecule has 0 spiro atoms. The first-order chi connectivity index (χ1) is 13.8. The fourth-order valence-corrected chi connectivity index (χ4v) is 4.77. The molecule has 0 aliphatic carbocycles. The van der Waals surface area contributed by atoms with E-state index in [9.17, 15) is 18.0 Å². The van der Waals surface area contributed by atoms with E-state index in [0.717, 1.165) is 19.1 Å². The molecule has 4 heterocycles. The summed E-state index contributed by atoms with van der Waals surface area (Å²) in [5.74, 6) is 0.365. The van der Waals surface area contributed by atoms with E-state index in [1.807, 2.05) is 0 Å². The molecule has 9 nitrogen and oxygen atoms in total.